The van der Waals surface area contributed by atoms with E-state index >= 15 is 0 Å². The summed E-state index contributed by atoms with van der Waals surface area (Å²) in [5, 5.41) is 0. The summed E-state index contributed by atoms with van der Waals surface area (Å²) < 4.78 is 15.1. The van der Waals surface area contributed by atoms with E-state index in [2.05, 4.69) is 24.1 Å². The van der Waals surface area contributed by atoms with Crippen molar-refractivity contribution in [1.29, 1.82) is 0 Å². The van der Waals surface area contributed by atoms with Crippen LogP contribution in [-0.4, -0.2) is 19.2 Å². The molecule has 2 rings (SSSR count). The molecule has 0 spiro atoms. The molecule has 4 heteroatoms. The molecule has 0 aliphatic rings. The summed E-state index contributed by atoms with van der Waals surface area (Å²) >= 11 is 3.41. The van der Waals surface area contributed by atoms with Gasteiger partial charge in [0.15, 0.2) is 4.53 Å². The Morgan fingerprint density at radius 3 is 2.72 bits per heavy atom. The van der Waals surface area contributed by atoms with Crippen LogP contribution in [0, 0.1) is 9.06 Å². The van der Waals surface area contributed by atoms with Crippen molar-refractivity contribution in [3.05, 3.63) is 42.4 Å². The second kappa shape index (κ2) is 6.55. The number of carbonyl (C=O) groups excluding carboxylic acids is 1. The highest BCUT2D eigenvalue weighted by molar-refractivity contribution is 7.11. The zero-order valence-electron chi connectivity index (χ0n) is 10.4. The van der Waals surface area contributed by atoms with Crippen LogP contribution in [0.4, 0.5) is 0 Å². The van der Waals surface area contributed by atoms with Gasteiger partial charge in [-0.1, -0.05) is 0 Å². The predicted molar refractivity (Wildman–Crippen MR) is 77.0 cm³/mol. The molecule has 0 atom stereocenters. The van der Waals surface area contributed by atoms with Gasteiger partial charge < -0.3 is 4.74 Å². The van der Waals surface area contributed by atoms with Crippen LogP contribution in [-0.2, 0) is 9.16 Å². The van der Waals surface area contributed by atoms with Crippen molar-refractivity contribution < 1.29 is 9.16 Å². The van der Waals surface area contributed by atoms with Gasteiger partial charge in [0.1, 0.15) is 6.26 Å². The molecule has 0 bridgehead atoms. The van der Waals surface area contributed by atoms with Crippen LogP contribution < -0.4 is 9.06 Å². The fraction of sp³-hybridized carbons (Fsp3) is 0.286. The van der Waals surface area contributed by atoms with Gasteiger partial charge in [-0.3, -0.25) is 0 Å². The lowest BCUT2D eigenvalue weighted by Gasteiger charge is -1.87. The molecule has 0 N–H and O–H groups in total. The standard InChI is InChI=1S/C14H15O2S2/c1-3-15-9-11-5-7-13(17-11)14-8-6-12(18-14)10-16-4-2/h5-9H,3-4H2,1-2H3/q+1. The maximum Gasteiger partial charge on any atom is 0.363 e. The summed E-state index contributed by atoms with van der Waals surface area (Å²) in [5.41, 5.74) is 0. The molecule has 0 aliphatic heterocycles. The van der Waals surface area contributed by atoms with Gasteiger partial charge in [0.2, 0.25) is 0 Å². The third-order valence-electron chi connectivity index (χ3n) is 2.16. The zero-order chi connectivity index (χ0) is 12.8. The SMILES string of the molecule is CCOC=c1ccc(=c2ccc(=C=[O+]CC)s2)s1. The lowest BCUT2D eigenvalue weighted by atomic mass is 10.5. The van der Waals surface area contributed by atoms with E-state index in [1.807, 2.05) is 19.9 Å². The minimum atomic E-state index is 0.652. The lowest BCUT2D eigenvalue weighted by Crippen LogP contribution is -1.92. The van der Waals surface area contributed by atoms with E-state index in [9.17, 15) is 0 Å². The maximum atomic E-state index is 5.28. The normalized spacial score (nSPS) is 13.3. The molecule has 0 unspecified atom stereocenters. The first kappa shape index (κ1) is 13.1. The molecule has 0 saturated carbocycles. The maximum absolute atomic E-state index is 5.28. The fourth-order valence-corrected chi connectivity index (χ4v) is 3.22. The van der Waals surface area contributed by atoms with Crippen LogP contribution in [0.1, 0.15) is 13.8 Å². The average molecular weight is 279 g/mol. The Bertz CT molecular complexity index is 733. The molecule has 2 aromatic rings. The van der Waals surface area contributed by atoms with Gasteiger partial charge in [-0.05, 0) is 31.2 Å². The first-order valence-corrected chi connectivity index (χ1v) is 7.49. The third kappa shape index (κ3) is 3.33. The van der Waals surface area contributed by atoms with Crippen LogP contribution in [0.5, 0.6) is 0 Å². The molecule has 0 amide bonds. The second-order valence-electron chi connectivity index (χ2n) is 3.47. The Labute approximate surface area is 113 Å². The number of hydrogen-bond acceptors (Lipinski definition) is 3. The van der Waals surface area contributed by atoms with E-state index < -0.39 is 0 Å². The van der Waals surface area contributed by atoms with Gasteiger partial charge >= 0.3 is 5.94 Å². The molecular weight excluding hydrogens is 264 g/mol. The molecule has 0 radical (unpaired) electrons. The van der Waals surface area contributed by atoms with Crippen molar-refractivity contribution in [2.45, 2.75) is 13.8 Å². The van der Waals surface area contributed by atoms with Crippen molar-refractivity contribution >= 4 is 34.9 Å². The van der Waals surface area contributed by atoms with Crippen molar-refractivity contribution in [1.82, 2.24) is 0 Å². The minimum Gasteiger partial charge on any atom is -0.500 e. The van der Waals surface area contributed by atoms with Crippen molar-refractivity contribution in [3.63, 3.8) is 0 Å². The number of hydrogen-bond donors (Lipinski definition) is 0. The minimum absolute atomic E-state index is 0.652. The van der Waals surface area contributed by atoms with Crippen molar-refractivity contribution in [2.75, 3.05) is 13.2 Å². The molecule has 18 heavy (non-hydrogen) atoms. The molecule has 2 heterocycles. The van der Waals surface area contributed by atoms with E-state index in [0.717, 1.165) is 9.06 Å². The summed E-state index contributed by atoms with van der Waals surface area (Å²) in [5.74, 6) is 2.92. The number of ether oxygens (including phenoxy) is 1. The summed E-state index contributed by atoms with van der Waals surface area (Å²) in [7, 11) is 0. The van der Waals surface area contributed by atoms with E-state index in [1.54, 1.807) is 28.9 Å². The number of rotatable bonds is 3. The third-order valence-corrected chi connectivity index (χ3v) is 4.35. The molecule has 0 aliphatic carbocycles. The van der Waals surface area contributed by atoms with E-state index in [1.165, 1.54) is 9.06 Å². The monoisotopic (exact) mass is 279 g/mol. The van der Waals surface area contributed by atoms with Crippen molar-refractivity contribution in [2.24, 2.45) is 0 Å². The lowest BCUT2D eigenvalue weighted by molar-refractivity contribution is 0.127. The van der Waals surface area contributed by atoms with Gasteiger partial charge in [0.05, 0.1) is 11.1 Å². The molecule has 2 nitrogen and oxygen atoms in total. The van der Waals surface area contributed by atoms with E-state index in [-0.39, 0.29) is 0 Å². The second-order valence-corrected chi connectivity index (χ2v) is 5.67. The quantitative estimate of drug-likeness (QED) is 0.786. The molecule has 0 saturated heterocycles. The Morgan fingerprint density at radius 2 is 1.94 bits per heavy atom. The van der Waals surface area contributed by atoms with Crippen molar-refractivity contribution in [3.8, 4) is 0 Å². The summed E-state index contributed by atoms with van der Waals surface area (Å²) in [6, 6.07) is 8.32. The fourth-order valence-electron chi connectivity index (χ4n) is 1.38. The summed E-state index contributed by atoms with van der Waals surface area (Å²) in [6.07, 6.45) is 1.81. The summed E-state index contributed by atoms with van der Waals surface area (Å²) in [4.78, 5) is 0. The highest BCUT2D eigenvalue weighted by Gasteiger charge is 1.92. The molecule has 0 aromatic carbocycles. The predicted octanol–water partition coefficient (Wildman–Crippen LogP) is 1.93. The average Bonchev–Trinajstić information content (AvgIpc) is 3.02. The van der Waals surface area contributed by atoms with Crippen LogP contribution >= 0.6 is 22.7 Å². The van der Waals surface area contributed by atoms with Crippen LogP contribution in [0.15, 0.2) is 24.3 Å². The zero-order valence-corrected chi connectivity index (χ0v) is 12.1. The van der Waals surface area contributed by atoms with Crippen LogP contribution in [0.3, 0.4) is 0 Å². The van der Waals surface area contributed by atoms with Gasteiger partial charge in [0.25, 0.3) is 6.61 Å². The van der Waals surface area contributed by atoms with E-state index in [4.69, 9.17) is 9.16 Å². The van der Waals surface area contributed by atoms with Crippen LogP contribution in [0.2, 0.25) is 0 Å². The van der Waals surface area contributed by atoms with Gasteiger partial charge in [-0.2, -0.15) is 0 Å². The highest BCUT2D eigenvalue weighted by atomic mass is 32.1. The Morgan fingerprint density at radius 1 is 1.17 bits per heavy atom. The first-order valence-electron chi connectivity index (χ1n) is 5.86. The Balaban J connectivity index is 2.52. The first-order chi connectivity index (χ1) is 8.83. The highest BCUT2D eigenvalue weighted by Crippen LogP contribution is 2.02. The van der Waals surface area contributed by atoms with E-state index in [0.29, 0.717) is 13.2 Å². The Hall–Kier alpha value is -1.35. The molecular formula is C14H15O2S2+. The molecule has 94 valence electrons. The summed E-state index contributed by atoms with van der Waals surface area (Å²) in [6.45, 7) is 5.29. The largest absolute Gasteiger partial charge is 0.500 e. The van der Waals surface area contributed by atoms with Gasteiger partial charge in [-0.25, -0.2) is 4.42 Å². The molecule has 2 aromatic heterocycles. The van der Waals surface area contributed by atoms with Gasteiger partial charge in [0, 0.05) is 16.0 Å². The Kier molecular flexibility index (Phi) is 4.76. The smallest absolute Gasteiger partial charge is 0.363 e. The van der Waals surface area contributed by atoms with Crippen LogP contribution in [0.25, 0.3) is 6.26 Å². The van der Waals surface area contributed by atoms with Gasteiger partial charge in [-0.15, -0.1) is 22.7 Å². The topological polar surface area (TPSA) is 20.5 Å². The number of thiophene rings is 2. The molecule has 0 fully saturated rings.